The van der Waals surface area contributed by atoms with E-state index in [1.165, 1.54) is 12.3 Å². The van der Waals surface area contributed by atoms with E-state index in [0.717, 1.165) is 25.3 Å². The molecule has 0 aromatic carbocycles. The van der Waals surface area contributed by atoms with Crippen molar-refractivity contribution in [1.82, 2.24) is 19.7 Å². The second-order valence-corrected chi connectivity index (χ2v) is 5.88. The van der Waals surface area contributed by atoms with Gasteiger partial charge in [0.2, 0.25) is 0 Å². The number of fused-ring (bicyclic) bond motifs is 1. The fraction of sp³-hybridized carbons (Fsp3) is 0.294. The smallest absolute Gasteiger partial charge is 0.265 e. The normalized spacial score (nSPS) is 17.7. The van der Waals surface area contributed by atoms with Gasteiger partial charge in [0.05, 0.1) is 17.6 Å². The van der Waals surface area contributed by atoms with Gasteiger partial charge in [-0.2, -0.15) is 0 Å². The summed E-state index contributed by atoms with van der Waals surface area (Å²) < 4.78 is 27.6. The molecule has 4 rings (SSSR count). The van der Waals surface area contributed by atoms with E-state index in [0.29, 0.717) is 23.1 Å². The van der Waals surface area contributed by atoms with Crippen LogP contribution in [0, 0.1) is 0 Å². The quantitative estimate of drug-likeness (QED) is 0.772. The summed E-state index contributed by atoms with van der Waals surface area (Å²) in [5.41, 5.74) is 1.98. The number of nitrogens with one attached hydrogen (secondary N) is 2. The van der Waals surface area contributed by atoms with Gasteiger partial charge in [0, 0.05) is 24.3 Å². The molecule has 0 amide bonds. The molecule has 4 heterocycles. The van der Waals surface area contributed by atoms with Crippen LogP contribution in [0.25, 0.3) is 17.0 Å². The number of rotatable bonds is 4. The van der Waals surface area contributed by atoms with Gasteiger partial charge < -0.3 is 10.6 Å². The van der Waals surface area contributed by atoms with Gasteiger partial charge in [-0.05, 0) is 37.2 Å². The molecule has 0 radical (unpaired) electrons. The number of aromatic nitrogens is 3. The van der Waals surface area contributed by atoms with Crippen LogP contribution >= 0.6 is 0 Å². The maximum Gasteiger partial charge on any atom is 0.265 e. The van der Waals surface area contributed by atoms with Crippen LogP contribution in [0.2, 0.25) is 0 Å². The Balaban J connectivity index is 1.70. The third kappa shape index (κ3) is 2.82. The second kappa shape index (κ2) is 6.16. The standard InChI is InChI=1S/C17H17F2N5/c18-17(19)11-4-5-16-21-9-14(24(16)10-11)13-2-1-3-15(23-13)22-12-6-7-20-8-12/h1-5,9-10,12,17,20H,6-8H2,(H,22,23). The highest BCUT2D eigenvalue weighted by molar-refractivity contribution is 5.62. The monoisotopic (exact) mass is 329 g/mol. The predicted octanol–water partition coefficient (Wildman–Crippen LogP) is 3.11. The number of halogens is 2. The van der Waals surface area contributed by atoms with Crippen molar-refractivity contribution in [2.45, 2.75) is 18.9 Å². The summed E-state index contributed by atoms with van der Waals surface area (Å²) in [6, 6.07) is 9.03. The molecule has 1 unspecified atom stereocenters. The van der Waals surface area contributed by atoms with E-state index < -0.39 is 6.43 Å². The van der Waals surface area contributed by atoms with E-state index in [1.54, 1.807) is 16.7 Å². The summed E-state index contributed by atoms with van der Waals surface area (Å²) in [4.78, 5) is 8.89. The SMILES string of the molecule is FC(F)c1ccc2ncc(-c3cccc(NC4CCNC4)n3)n2c1. The largest absolute Gasteiger partial charge is 0.366 e. The zero-order valence-electron chi connectivity index (χ0n) is 12.9. The van der Waals surface area contributed by atoms with Crippen LogP contribution in [-0.4, -0.2) is 33.5 Å². The van der Waals surface area contributed by atoms with E-state index in [-0.39, 0.29) is 5.56 Å². The molecule has 3 aromatic rings. The first-order valence-electron chi connectivity index (χ1n) is 7.90. The van der Waals surface area contributed by atoms with Crippen LogP contribution in [0.4, 0.5) is 14.6 Å². The van der Waals surface area contributed by atoms with Crippen molar-refractivity contribution in [3.05, 3.63) is 48.3 Å². The first-order chi connectivity index (χ1) is 11.7. The summed E-state index contributed by atoms with van der Waals surface area (Å²) in [5, 5.41) is 6.70. The Bertz CT molecular complexity index is 855. The molecule has 1 aliphatic heterocycles. The average Bonchev–Trinajstić information content (AvgIpc) is 3.23. The third-order valence-electron chi connectivity index (χ3n) is 4.20. The minimum Gasteiger partial charge on any atom is -0.366 e. The highest BCUT2D eigenvalue weighted by atomic mass is 19.3. The van der Waals surface area contributed by atoms with Gasteiger partial charge in [0.1, 0.15) is 11.5 Å². The molecule has 3 aromatic heterocycles. The lowest BCUT2D eigenvalue weighted by atomic mass is 10.2. The summed E-state index contributed by atoms with van der Waals surface area (Å²) in [6.07, 6.45) is 1.62. The molecular weight excluding hydrogens is 312 g/mol. The Morgan fingerprint density at radius 1 is 1.25 bits per heavy atom. The van der Waals surface area contributed by atoms with Crippen molar-refractivity contribution in [3.8, 4) is 11.4 Å². The van der Waals surface area contributed by atoms with Crippen molar-refractivity contribution in [1.29, 1.82) is 0 Å². The lowest BCUT2D eigenvalue weighted by Gasteiger charge is -2.12. The Kier molecular flexibility index (Phi) is 3.86. The highest BCUT2D eigenvalue weighted by Crippen LogP contribution is 2.24. The van der Waals surface area contributed by atoms with Crippen LogP contribution in [0.1, 0.15) is 18.4 Å². The van der Waals surface area contributed by atoms with Crippen LogP contribution in [0.15, 0.2) is 42.7 Å². The van der Waals surface area contributed by atoms with Gasteiger partial charge in [0.25, 0.3) is 6.43 Å². The summed E-state index contributed by atoms with van der Waals surface area (Å²) in [7, 11) is 0. The third-order valence-corrected chi connectivity index (χ3v) is 4.20. The van der Waals surface area contributed by atoms with Gasteiger partial charge >= 0.3 is 0 Å². The van der Waals surface area contributed by atoms with Crippen molar-refractivity contribution < 1.29 is 8.78 Å². The van der Waals surface area contributed by atoms with Gasteiger partial charge in [-0.15, -0.1) is 0 Å². The maximum atomic E-state index is 13.0. The lowest BCUT2D eigenvalue weighted by Crippen LogP contribution is -2.22. The predicted molar refractivity (Wildman–Crippen MR) is 88.3 cm³/mol. The van der Waals surface area contributed by atoms with Crippen molar-refractivity contribution in [2.24, 2.45) is 0 Å². The number of hydrogen-bond acceptors (Lipinski definition) is 4. The fourth-order valence-corrected chi connectivity index (χ4v) is 2.96. The Morgan fingerprint density at radius 3 is 2.96 bits per heavy atom. The van der Waals surface area contributed by atoms with Gasteiger partial charge in [0.15, 0.2) is 0 Å². The Morgan fingerprint density at radius 2 is 2.17 bits per heavy atom. The van der Waals surface area contributed by atoms with Gasteiger partial charge in [-0.1, -0.05) is 6.07 Å². The second-order valence-electron chi connectivity index (χ2n) is 5.88. The number of hydrogen-bond donors (Lipinski definition) is 2. The minimum absolute atomic E-state index is 0.0342. The molecule has 0 bridgehead atoms. The zero-order valence-corrected chi connectivity index (χ0v) is 12.9. The molecule has 1 saturated heterocycles. The molecule has 7 heteroatoms. The fourth-order valence-electron chi connectivity index (χ4n) is 2.96. The van der Waals surface area contributed by atoms with Crippen LogP contribution in [0.3, 0.4) is 0 Å². The lowest BCUT2D eigenvalue weighted by molar-refractivity contribution is 0.151. The molecule has 1 atom stereocenters. The molecule has 124 valence electrons. The molecule has 2 N–H and O–H groups in total. The molecule has 0 spiro atoms. The summed E-state index contributed by atoms with van der Waals surface area (Å²) in [6.45, 7) is 1.92. The molecular formula is C17H17F2N5. The van der Waals surface area contributed by atoms with Gasteiger partial charge in [-0.25, -0.2) is 18.7 Å². The number of imidazole rings is 1. The highest BCUT2D eigenvalue weighted by Gasteiger charge is 2.16. The average molecular weight is 329 g/mol. The van der Waals surface area contributed by atoms with Crippen molar-refractivity contribution >= 4 is 11.5 Å². The van der Waals surface area contributed by atoms with Crippen LogP contribution in [0.5, 0.6) is 0 Å². The summed E-state index contributed by atoms with van der Waals surface area (Å²) >= 11 is 0. The first kappa shape index (κ1) is 15.0. The first-order valence-corrected chi connectivity index (χ1v) is 7.90. The van der Waals surface area contributed by atoms with E-state index in [9.17, 15) is 8.78 Å². The summed E-state index contributed by atoms with van der Waals surface area (Å²) in [5.74, 6) is 0.779. The zero-order chi connectivity index (χ0) is 16.5. The molecule has 1 aliphatic rings. The Hall–Kier alpha value is -2.54. The number of pyridine rings is 2. The van der Waals surface area contributed by atoms with E-state index in [4.69, 9.17) is 0 Å². The molecule has 24 heavy (non-hydrogen) atoms. The van der Waals surface area contributed by atoms with Gasteiger partial charge in [-0.3, -0.25) is 4.40 Å². The number of alkyl halides is 2. The van der Waals surface area contributed by atoms with Crippen LogP contribution < -0.4 is 10.6 Å². The molecule has 1 fully saturated rings. The number of nitrogens with zero attached hydrogens (tertiary/aromatic N) is 3. The molecule has 0 aliphatic carbocycles. The molecule has 0 saturated carbocycles. The Labute approximate surface area is 137 Å². The van der Waals surface area contributed by atoms with Crippen molar-refractivity contribution in [2.75, 3.05) is 18.4 Å². The van der Waals surface area contributed by atoms with E-state index in [2.05, 4.69) is 20.6 Å². The number of anilines is 1. The van der Waals surface area contributed by atoms with Crippen molar-refractivity contribution in [3.63, 3.8) is 0 Å². The minimum atomic E-state index is -2.51. The van der Waals surface area contributed by atoms with E-state index in [1.807, 2.05) is 18.2 Å². The maximum absolute atomic E-state index is 13.0. The van der Waals surface area contributed by atoms with Crippen LogP contribution in [-0.2, 0) is 0 Å². The topological polar surface area (TPSA) is 54.2 Å². The van der Waals surface area contributed by atoms with E-state index >= 15 is 0 Å². The molecule has 5 nitrogen and oxygen atoms in total.